The molecule has 4 heterocycles. The summed E-state index contributed by atoms with van der Waals surface area (Å²) in [5, 5.41) is 6.92. The molecule has 0 radical (unpaired) electrons. The van der Waals surface area contributed by atoms with Gasteiger partial charge in [-0.15, -0.1) is 10.2 Å². The highest BCUT2D eigenvalue weighted by Crippen LogP contribution is 2.30. The zero-order valence-corrected chi connectivity index (χ0v) is 16.3. The fourth-order valence-corrected chi connectivity index (χ4v) is 4.02. The third kappa shape index (κ3) is 3.90. The number of alkyl halides is 3. The van der Waals surface area contributed by atoms with Gasteiger partial charge in [0.1, 0.15) is 0 Å². The second kappa shape index (κ2) is 7.27. The van der Waals surface area contributed by atoms with Crippen LogP contribution in [0.1, 0.15) is 35.9 Å². The summed E-state index contributed by atoms with van der Waals surface area (Å²) >= 11 is 0. The zero-order valence-electron chi connectivity index (χ0n) is 16.3. The molecule has 1 atom stereocenters. The van der Waals surface area contributed by atoms with Crippen molar-refractivity contribution in [1.29, 1.82) is 0 Å². The van der Waals surface area contributed by atoms with Gasteiger partial charge in [-0.05, 0) is 32.8 Å². The highest BCUT2D eigenvalue weighted by Gasteiger charge is 2.40. The van der Waals surface area contributed by atoms with Gasteiger partial charge in [-0.3, -0.25) is 4.79 Å². The summed E-state index contributed by atoms with van der Waals surface area (Å²) in [5.74, 6) is -0.530. The Labute approximate surface area is 165 Å². The van der Waals surface area contributed by atoms with Crippen LogP contribution in [0.25, 0.3) is 0 Å². The van der Waals surface area contributed by atoms with Gasteiger partial charge in [0.05, 0.1) is 12.5 Å². The Morgan fingerprint density at radius 3 is 2.52 bits per heavy atom. The van der Waals surface area contributed by atoms with Crippen LogP contribution in [0, 0.1) is 19.8 Å². The Kier molecular flexibility index (Phi) is 4.91. The fourth-order valence-electron chi connectivity index (χ4n) is 4.02. The number of halogens is 3. The summed E-state index contributed by atoms with van der Waals surface area (Å²) in [4.78, 5) is 25.6. The molecule has 0 aliphatic carbocycles. The molecule has 0 spiro atoms. The highest BCUT2D eigenvalue weighted by molar-refractivity contribution is 5.79. The van der Waals surface area contributed by atoms with Crippen LogP contribution in [0.4, 0.5) is 19.1 Å². The van der Waals surface area contributed by atoms with Crippen LogP contribution in [0.2, 0.25) is 0 Å². The average molecular weight is 409 g/mol. The number of piperidine rings is 1. The van der Waals surface area contributed by atoms with Crippen molar-refractivity contribution in [3.8, 4) is 0 Å². The van der Waals surface area contributed by atoms with Crippen LogP contribution >= 0.6 is 0 Å². The van der Waals surface area contributed by atoms with Gasteiger partial charge in [-0.2, -0.15) is 13.2 Å². The molecular formula is C18H22F3N7O. The number of nitrogens with zero attached hydrogens (tertiary/aromatic N) is 7. The molecule has 2 aliphatic heterocycles. The standard InChI is InChI=1S/C18H22F3N7O/c1-11-8-12(2)23-17(22-11)27-5-3-4-13(9-27)15(29)26-6-7-28-14(10-26)24-25-16(28)18(19,20)21/h8,13H,3-7,9-10H2,1-2H3/t13-/m1/s1. The number of anilines is 1. The van der Waals surface area contributed by atoms with E-state index in [0.717, 1.165) is 35.3 Å². The minimum absolute atomic E-state index is 0.0401. The molecule has 0 unspecified atom stereocenters. The van der Waals surface area contributed by atoms with Crippen molar-refractivity contribution < 1.29 is 18.0 Å². The molecule has 4 rings (SSSR count). The Balaban J connectivity index is 1.46. The maximum Gasteiger partial charge on any atom is 0.451 e. The van der Waals surface area contributed by atoms with E-state index in [2.05, 4.69) is 20.2 Å². The molecule has 1 amide bonds. The van der Waals surface area contributed by atoms with Crippen LogP contribution in [-0.2, 0) is 24.1 Å². The molecule has 0 aromatic carbocycles. The first kappa shape index (κ1) is 19.6. The minimum Gasteiger partial charge on any atom is -0.340 e. The average Bonchev–Trinajstić information content (AvgIpc) is 3.10. The molecule has 2 aliphatic rings. The van der Waals surface area contributed by atoms with Gasteiger partial charge >= 0.3 is 6.18 Å². The Morgan fingerprint density at radius 2 is 1.83 bits per heavy atom. The lowest BCUT2D eigenvalue weighted by atomic mass is 9.96. The van der Waals surface area contributed by atoms with E-state index in [-0.39, 0.29) is 37.3 Å². The van der Waals surface area contributed by atoms with Crippen molar-refractivity contribution in [3.05, 3.63) is 29.1 Å². The predicted molar refractivity (Wildman–Crippen MR) is 96.9 cm³/mol. The quantitative estimate of drug-likeness (QED) is 0.755. The van der Waals surface area contributed by atoms with Crippen LogP contribution in [0.15, 0.2) is 6.07 Å². The third-order valence-electron chi connectivity index (χ3n) is 5.34. The van der Waals surface area contributed by atoms with Crippen molar-refractivity contribution in [1.82, 2.24) is 29.6 Å². The summed E-state index contributed by atoms with van der Waals surface area (Å²) in [6, 6.07) is 1.90. The number of hydrogen-bond acceptors (Lipinski definition) is 6. The van der Waals surface area contributed by atoms with Gasteiger partial charge in [-0.1, -0.05) is 0 Å². The summed E-state index contributed by atoms with van der Waals surface area (Å²) in [7, 11) is 0. The molecule has 8 nitrogen and oxygen atoms in total. The first-order valence-corrected chi connectivity index (χ1v) is 9.57. The van der Waals surface area contributed by atoms with Crippen LogP contribution < -0.4 is 4.90 Å². The van der Waals surface area contributed by atoms with Crippen LogP contribution in [0.5, 0.6) is 0 Å². The number of hydrogen-bond donors (Lipinski definition) is 0. The van der Waals surface area contributed by atoms with Gasteiger partial charge < -0.3 is 14.4 Å². The minimum atomic E-state index is -4.55. The smallest absolute Gasteiger partial charge is 0.340 e. The lowest BCUT2D eigenvalue weighted by Crippen LogP contribution is -2.47. The Morgan fingerprint density at radius 1 is 1.10 bits per heavy atom. The van der Waals surface area contributed by atoms with Crippen LogP contribution in [-0.4, -0.2) is 55.2 Å². The molecule has 2 aromatic heterocycles. The number of carbonyl (C=O) groups excluding carboxylic acids is 1. The van der Waals surface area contributed by atoms with E-state index in [1.165, 1.54) is 0 Å². The molecule has 29 heavy (non-hydrogen) atoms. The van der Waals surface area contributed by atoms with Crippen molar-refractivity contribution in [2.75, 3.05) is 24.5 Å². The van der Waals surface area contributed by atoms with Crippen LogP contribution in [0.3, 0.4) is 0 Å². The third-order valence-corrected chi connectivity index (χ3v) is 5.34. The van der Waals surface area contributed by atoms with Crippen molar-refractivity contribution in [3.63, 3.8) is 0 Å². The second-order valence-electron chi connectivity index (χ2n) is 7.58. The van der Waals surface area contributed by atoms with E-state index in [4.69, 9.17) is 0 Å². The molecule has 1 saturated heterocycles. The molecule has 156 valence electrons. The number of rotatable bonds is 2. The lowest BCUT2D eigenvalue weighted by molar-refractivity contribution is -0.148. The van der Waals surface area contributed by atoms with Crippen molar-refractivity contribution in [2.24, 2.45) is 5.92 Å². The van der Waals surface area contributed by atoms with Crippen molar-refractivity contribution in [2.45, 2.75) is 46.0 Å². The molecule has 2 aromatic rings. The topological polar surface area (TPSA) is 80.0 Å². The molecule has 0 saturated carbocycles. The summed E-state index contributed by atoms with van der Waals surface area (Å²) in [5.41, 5.74) is 1.74. The second-order valence-corrected chi connectivity index (χ2v) is 7.58. The fraction of sp³-hybridized carbons (Fsp3) is 0.611. The molecule has 11 heteroatoms. The van der Waals surface area contributed by atoms with Gasteiger partial charge in [0.15, 0.2) is 5.82 Å². The van der Waals surface area contributed by atoms with Gasteiger partial charge in [0.25, 0.3) is 0 Å². The normalized spacial score (nSPS) is 20.0. The maximum atomic E-state index is 13.1. The van der Waals surface area contributed by atoms with Gasteiger partial charge in [-0.25, -0.2) is 9.97 Å². The molecular weight excluding hydrogens is 387 g/mol. The van der Waals surface area contributed by atoms with Gasteiger partial charge in [0, 0.05) is 37.6 Å². The first-order chi connectivity index (χ1) is 13.7. The summed E-state index contributed by atoms with van der Waals surface area (Å²) in [6.07, 6.45) is -2.99. The SMILES string of the molecule is Cc1cc(C)nc(N2CCC[C@@H](C(=O)N3CCn4c(nnc4C(F)(F)F)C3)C2)n1. The monoisotopic (exact) mass is 409 g/mol. The number of fused-ring (bicyclic) bond motifs is 1. The summed E-state index contributed by atoms with van der Waals surface area (Å²) < 4.78 is 40.0. The first-order valence-electron chi connectivity index (χ1n) is 9.57. The van der Waals surface area contributed by atoms with E-state index in [9.17, 15) is 18.0 Å². The largest absolute Gasteiger partial charge is 0.451 e. The van der Waals surface area contributed by atoms with Crippen molar-refractivity contribution >= 4 is 11.9 Å². The maximum absolute atomic E-state index is 13.1. The van der Waals surface area contributed by atoms with E-state index >= 15 is 0 Å². The highest BCUT2D eigenvalue weighted by atomic mass is 19.4. The molecule has 1 fully saturated rings. The summed E-state index contributed by atoms with van der Waals surface area (Å²) in [6.45, 7) is 5.38. The Bertz CT molecular complexity index is 906. The van der Waals surface area contributed by atoms with E-state index < -0.39 is 12.0 Å². The van der Waals surface area contributed by atoms with E-state index in [1.54, 1.807) is 4.90 Å². The number of aromatic nitrogens is 5. The molecule has 0 bridgehead atoms. The number of carbonyl (C=O) groups is 1. The Hall–Kier alpha value is -2.72. The van der Waals surface area contributed by atoms with E-state index in [0.29, 0.717) is 12.5 Å². The predicted octanol–water partition coefficient (Wildman–Crippen LogP) is 1.96. The molecule has 0 N–H and O–H groups in total. The number of amides is 1. The number of aryl methyl sites for hydroxylation is 2. The zero-order chi connectivity index (χ0) is 20.8. The lowest BCUT2D eigenvalue weighted by Gasteiger charge is -2.36. The van der Waals surface area contributed by atoms with E-state index in [1.807, 2.05) is 24.8 Å². The van der Waals surface area contributed by atoms with Gasteiger partial charge in [0.2, 0.25) is 17.7 Å².